The highest BCUT2D eigenvalue weighted by Crippen LogP contribution is 2.44. The number of ether oxygens (including phenoxy) is 1. The van der Waals surface area contributed by atoms with Crippen molar-refractivity contribution in [2.24, 2.45) is 5.73 Å². The number of hydrogen-bond donors (Lipinski definition) is 2. The number of H-pyrrole nitrogens is 1. The van der Waals surface area contributed by atoms with E-state index < -0.39 is 17.6 Å². The maximum absolute atomic E-state index is 14.2. The highest BCUT2D eigenvalue weighted by Gasteiger charge is 2.37. The van der Waals surface area contributed by atoms with Gasteiger partial charge in [0.25, 0.3) is 0 Å². The molecule has 0 bridgehead atoms. The summed E-state index contributed by atoms with van der Waals surface area (Å²) in [5.74, 6) is -2.54. The number of allylic oxidation sites excluding steroid dienone is 1. The summed E-state index contributed by atoms with van der Waals surface area (Å²) in [6.45, 7) is 1.86. The molecule has 2 heterocycles. The number of nitrogens with one attached hydrogen (secondary N) is 1. The summed E-state index contributed by atoms with van der Waals surface area (Å²) in [7, 11) is 0. The molecule has 3 rings (SSSR count). The molecule has 5 nitrogen and oxygen atoms in total. The van der Waals surface area contributed by atoms with Crippen molar-refractivity contribution in [3.63, 3.8) is 0 Å². The first-order valence-corrected chi connectivity index (χ1v) is 6.67. The van der Waals surface area contributed by atoms with E-state index in [1.165, 1.54) is 6.07 Å². The van der Waals surface area contributed by atoms with Crippen LogP contribution in [0.25, 0.3) is 0 Å². The lowest BCUT2D eigenvalue weighted by atomic mass is 9.83. The normalized spacial score (nSPS) is 16.9. The Balaban J connectivity index is 2.33. The Kier molecular flexibility index (Phi) is 3.29. The summed E-state index contributed by atoms with van der Waals surface area (Å²) >= 11 is 0. The van der Waals surface area contributed by atoms with Gasteiger partial charge in [-0.1, -0.05) is 13.0 Å². The second-order valence-electron chi connectivity index (χ2n) is 4.83. The van der Waals surface area contributed by atoms with E-state index in [9.17, 15) is 14.0 Å². The Morgan fingerprint density at radius 1 is 1.36 bits per heavy atom. The van der Waals surface area contributed by atoms with Gasteiger partial charge in [-0.2, -0.15) is 5.26 Å². The molecule has 1 aromatic carbocycles. The van der Waals surface area contributed by atoms with E-state index >= 15 is 0 Å². The van der Waals surface area contributed by atoms with Gasteiger partial charge in [-0.25, -0.2) is 8.78 Å². The van der Waals surface area contributed by atoms with Gasteiger partial charge in [0.2, 0.25) is 11.8 Å². The molecule has 1 atom stereocenters. The lowest BCUT2D eigenvalue weighted by Crippen LogP contribution is -2.22. The summed E-state index contributed by atoms with van der Waals surface area (Å²) in [6.07, 6.45) is 0.539. The van der Waals surface area contributed by atoms with E-state index in [0.717, 1.165) is 12.1 Å². The molecule has 2 aromatic rings. The fourth-order valence-electron chi connectivity index (χ4n) is 2.65. The van der Waals surface area contributed by atoms with Gasteiger partial charge in [0.15, 0.2) is 0 Å². The van der Waals surface area contributed by atoms with Crippen molar-refractivity contribution in [3.05, 3.63) is 58.1 Å². The number of halogens is 2. The highest BCUT2D eigenvalue weighted by molar-refractivity contribution is 5.55. The molecule has 0 radical (unpaired) electrons. The van der Waals surface area contributed by atoms with Gasteiger partial charge in [0.05, 0.1) is 11.5 Å². The molecular formula is C15H12F2N4O. The third-order valence-corrected chi connectivity index (χ3v) is 3.66. The Hall–Kier alpha value is -2.88. The molecule has 0 spiro atoms. The van der Waals surface area contributed by atoms with E-state index in [2.05, 4.69) is 10.2 Å². The number of aromatic amines is 1. The summed E-state index contributed by atoms with van der Waals surface area (Å²) in [5.41, 5.74) is 6.53. The molecule has 0 saturated heterocycles. The predicted octanol–water partition coefficient (Wildman–Crippen LogP) is 2.47. The van der Waals surface area contributed by atoms with E-state index in [-0.39, 0.29) is 22.9 Å². The smallest absolute Gasteiger partial charge is 0.244 e. The topological polar surface area (TPSA) is 87.7 Å². The van der Waals surface area contributed by atoms with Crippen LogP contribution in [0.1, 0.15) is 29.7 Å². The van der Waals surface area contributed by atoms with Crippen molar-refractivity contribution in [2.45, 2.75) is 19.3 Å². The van der Waals surface area contributed by atoms with Gasteiger partial charge in [-0.05, 0) is 18.6 Å². The predicted molar refractivity (Wildman–Crippen MR) is 73.6 cm³/mol. The van der Waals surface area contributed by atoms with Gasteiger partial charge < -0.3 is 10.5 Å². The van der Waals surface area contributed by atoms with E-state index in [0.29, 0.717) is 17.7 Å². The van der Waals surface area contributed by atoms with Crippen LogP contribution in [0.2, 0.25) is 0 Å². The molecule has 22 heavy (non-hydrogen) atoms. The van der Waals surface area contributed by atoms with Crippen LogP contribution in [0.4, 0.5) is 8.78 Å². The van der Waals surface area contributed by atoms with Crippen molar-refractivity contribution in [1.82, 2.24) is 10.2 Å². The van der Waals surface area contributed by atoms with Crippen molar-refractivity contribution in [3.8, 4) is 11.9 Å². The van der Waals surface area contributed by atoms with Crippen LogP contribution < -0.4 is 10.5 Å². The number of aromatic nitrogens is 2. The molecule has 1 aliphatic rings. The molecule has 112 valence electrons. The first kappa shape index (κ1) is 14.1. The maximum atomic E-state index is 14.2. The fourth-order valence-corrected chi connectivity index (χ4v) is 2.65. The standard InChI is InChI=1S/C15H12F2N4O/c1-2-10-13-11(12-8(16)4-3-5-9(12)17)7(6-18)14(19)22-15(13)21-20-10/h3-5,11H,2,19H2,1H3,(H,20,21). The number of hydrogen-bond acceptors (Lipinski definition) is 4. The van der Waals surface area contributed by atoms with E-state index in [4.69, 9.17) is 10.5 Å². The Labute approximate surface area is 125 Å². The summed E-state index contributed by atoms with van der Waals surface area (Å²) in [5, 5.41) is 16.1. The lowest BCUT2D eigenvalue weighted by molar-refractivity contribution is 0.376. The Morgan fingerprint density at radius 2 is 2.05 bits per heavy atom. The fraction of sp³-hybridized carbons (Fsp3) is 0.200. The van der Waals surface area contributed by atoms with Crippen LogP contribution >= 0.6 is 0 Å². The number of fused-ring (bicyclic) bond motifs is 1. The zero-order valence-corrected chi connectivity index (χ0v) is 11.7. The molecule has 0 amide bonds. The molecule has 7 heteroatoms. The molecule has 1 aliphatic heterocycles. The van der Waals surface area contributed by atoms with Crippen LogP contribution in [-0.4, -0.2) is 10.2 Å². The van der Waals surface area contributed by atoms with E-state index in [1.807, 2.05) is 13.0 Å². The van der Waals surface area contributed by atoms with Gasteiger partial charge in [0, 0.05) is 11.3 Å². The molecule has 0 aliphatic carbocycles. The minimum absolute atomic E-state index is 0.0346. The number of nitrogens with two attached hydrogens (primary N) is 1. The van der Waals surface area contributed by atoms with Gasteiger partial charge in [0.1, 0.15) is 23.3 Å². The van der Waals surface area contributed by atoms with Crippen LogP contribution in [-0.2, 0) is 6.42 Å². The van der Waals surface area contributed by atoms with Gasteiger partial charge in [-0.15, -0.1) is 5.10 Å². The van der Waals surface area contributed by atoms with Crippen LogP contribution in [0.15, 0.2) is 29.7 Å². The first-order valence-electron chi connectivity index (χ1n) is 6.67. The SMILES string of the molecule is CCc1[nH]nc2c1C(c1c(F)cccc1F)C(C#N)=C(N)O2. The Bertz CT molecular complexity index is 799. The molecule has 0 fully saturated rings. The average molecular weight is 302 g/mol. The summed E-state index contributed by atoms with van der Waals surface area (Å²) in [6, 6.07) is 5.45. The van der Waals surface area contributed by atoms with Gasteiger partial charge in [-0.3, -0.25) is 5.10 Å². The van der Waals surface area contributed by atoms with E-state index in [1.54, 1.807) is 0 Å². The molecule has 0 saturated carbocycles. The average Bonchev–Trinajstić information content (AvgIpc) is 2.89. The number of rotatable bonds is 2. The third-order valence-electron chi connectivity index (χ3n) is 3.66. The van der Waals surface area contributed by atoms with Crippen LogP contribution in [0.3, 0.4) is 0 Å². The minimum atomic E-state index is -0.983. The maximum Gasteiger partial charge on any atom is 0.244 e. The van der Waals surface area contributed by atoms with Crippen molar-refractivity contribution in [2.75, 3.05) is 0 Å². The van der Waals surface area contributed by atoms with Crippen molar-refractivity contribution >= 4 is 0 Å². The lowest BCUT2D eigenvalue weighted by Gasteiger charge is -2.24. The molecule has 1 aromatic heterocycles. The van der Waals surface area contributed by atoms with Crippen molar-refractivity contribution < 1.29 is 13.5 Å². The Morgan fingerprint density at radius 3 is 2.64 bits per heavy atom. The van der Waals surface area contributed by atoms with Crippen molar-refractivity contribution in [1.29, 1.82) is 5.26 Å². The highest BCUT2D eigenvalue weighted by atomic mass is 19.1. The molecular weight excluding hydrogens is 290 g/mol. The third kappa shape index (κ3) is 1.92. The summed E-state index contributed by atoms with van der Waals surface area (Å²) in [4.78, 5) is 0. The second kappa shape index (κ2) is 5.15. The van der Waals surface area contributed by atoms with Crippen LogP contribution in [0, 0.1) is 23.0 Å². The van der Waals surface area contributed by atoms with Gasteiger partial charge >= 0.3 is 0 Å². The zero-order valence-electron chi connectivity index (χ0n) is 11.7. The molecule has 3 N–H and O–H groups in total. The zero-order chi connectivity index (χ0) is 15.9. The van der Waals surface area contributed by atoms with Crippen LogP contribution in [0.5, 0.6) is 5.88 Å². The number of nitriles is 1. The minimum Gasteiger partial charge on any atom is -0.420 e. The second-order valence-corrected chi connectivity index (χ2v) is 4.83. The monoisotopic (exact) mass is 302 g/mol. The number of aryl methyl sites for hydroxylation is 1. The number of nitrogens with zero attached hydrogens (tertiary/aromatic N) is 2. The number of benzene rings is 1. The summed E-state index contributed by atoms with van der Waals surface area (Å²) < 4.78 is 33.7. The first-order chi connectivity index (χ1) is 10.6. The largest absolute Gasteiger partial charge is 0.420 e. The quantitative estimate of drug-likeness (QED) is 0.892. The molecule has 1 unspecified atom stereocenters.